The van der Waals surface area contributed by atoms with Gasteiger partial charge in [0.1, 0.15) is 0 Å². The first-order chi connectivity index (χ1) is 3.66. The third-order valence-electron chi connectivity index (χ3n) is 1.70. The van der Waals surface area contributed by atoms with Crippen molar-refractivity contribution in [1.29, 1.82) is 5.26 Å². The monoisotopic (exact) mass is 146 g/mol. The van der Waals surface area contributed by atoms with Gasteiger partial charge in [0.15, 0.2) is 0 Å². The molecule has 1 aliphatic rings. The molecule has 0 aromatic rings. The molecule has 0 aliphatic heterocycles. The highest BCUT2D eigenvalue weighted by Gasteiger charge is 2.37. The van der Waals surface area contributed by atoms with E-state index in [1.54, 1.807) is 0 Å². The summed E-state index contributed by atoms with van der Waals surface area (Å²) in [5.74, 6) is 0. The minimum Gasteiger partial charge on any atom is -0.328 e. The molecule has 0 heterocycles. The topological polar surface area (TPSA) is 49.8 Å². The van der Waals surface area contributed by atoms with Crippen LogP contribution in [0.5, 0.6) is 0 Å². The summed E-state index contributed by atoms with van der Waals surface area (Å²) in [6.45, 7) is 1.95. The smallest absolute Gasteiger partial charge is 0.0688 e. The van der Waals surface area contributed by atoms with Crippen molar-refractivity contribution >= 4 is 12.4 Å². The lowest BCUT2D eigenvalue weighted by atomic mass is 9.68. The lowest BCUT2D eigenvalue weighted by Crippen LogP contribution is -2.43. The van der Waals surface area contributed by atoms with Gasteiger partial charge in [-0.05, 0) is 19.8 Å². The van der Waals surface area contributed by atoms with E-state index in [-0.39, 0.29) is 17.8 Å². The summed E-state index contributed by atoms with van der Waals surface area (Å²) in [6, 6.07) is 2.52. The quantitative estimate of drug-likeness (QED) is 0.556. The molecule has 3 heteroatoms. The van der Waals surface area contributed by atoms with Gasteiger partial charge in [-0.2, -0.15) is 5.26 Å². The van der Waals surface area contributed by atoms with Gasteiger partial charge in [-0.3, -0.25) is 0 Å². The summed E-state index contributed by atoms with van der Waals surface area (Å²) in [5, 5.41) is 8.46. The Morgan fingerprint density at radius 2 is 2.11 bits per heavy atom. The van der Waals surface area contributed by atoms with Crippen LogP contribution in [0.2, 0.25) is 0 Å². The molecule has 0 saturated heterocycles. The van der Waals surface area contributed by atoms with Crippen molar-refractivity contribution in [2.24, 2.45) is 11.1 Å². The molecule has 1 saturated carbocycles. The number of rotatable bonds is 0. The van der Waals surface area contributed by atoms with Gasteiger partial charge in [0.2, 0.25) is 0 Å². The molecular formula is C6H11ClN2. The van der Waals surface area contributed by atoms with Gasteiger partial charge in [-0.25, -0.2) is 0 Å². The van der Waals surface area contributed by atoms with Gasteiger partial charge in [0.05, 0.1) is 11.5 Å². The minimum atomic E-state index is -0.0839. The molecule has 9 heavy (non-hydrogen) atoms. The molecule has 0 atom stereocenters. The molecule has 1 aliphatic carbocycles. The number of halogens is 1. The van der Waals surface area contributed by atoms with Gasteiger partial charge in [-0.1, -0.05) is 0 Å². The zero-order chi connectivity index (χ0) is 6.20. The van der Waals surface area contributed by atoms with Crippen LogP contribution in [-0.4, -0.2) is 6.04 Å². The molecule has 1 fully saturated rings. The van der Waals surface area contributed by atoms with E-state index in [4.69, 9.17) is 11.0 Å². The van der Waals surface area contributed by atoms with E-state index in [1.165, 1.54) is 0 Å². The Labute approximate surface area is 61.4 Å². The Balaban J connectivity index is 0.000000640. The highest BCUT2D eigenvalue weighted by Crippen LogP contribution is 2.38. The van der Waals surface area contributed by atoms with Crippen molar-refractivity contribution in [3.05, 3.63) is 0 Å². The predicted molar refractivity (Wildman–Crippen MR) is 38.2 cm³/mol. The van der Waals surface area contributed by atoms with E-state index < -0.39 is 0 Å². The Morgan fingerprint density at radius 3 is 2.22 bits per heavy atom. The normalized spacial score (nSPS) is 39.9. The van der Waals surface area contributed by atoms with Crippen LogP contribution in [0.25, 0.3) is 0 Å². The van der Waals surface area contributed by atoms with Crippen molar-refractivity contribution < 1.29 is 0 Å². The van der Waals surface area contributed by atoms with E-state index >= 15 is 0 Å². The van der Waals surface area contributed by atoms with Crippen LogP contribution in [0.4, 0.5) is 0 Å². The maximum absolute atomic E-state index is 8.46. The van der Waals surface area contributed by atoms with Crippen molar-refractivity contribution in [1.82, 2.24) is 0 Å². The van der Waals surface area contributed by atoms with Gasteiger partial charge in [0, 0.05) is 6.04 Å². The van der Waals surface area contributed by atoms with Crippen molar-refractivity contribution in [2.45, 2.75) is 25.8 Å². The number of hydrogen-bond acceptors (Lipinski definition) is 2. The fraction of sp³-hybridized carbons (Fsp3) is 0.833. The van der Waals surface area contributed by atoms with Crippen molar-refractivity contribution in [3.63, 3.8) is 0 Å². The SMILES string of the molecule is CC1(C#N)CC(N)C1.Cl. The zero-order valence-electron chi connectivity index (χ0n) is 5.42. The van der Waals surface area contributed by atoms with E-state index in [2.05, 4.69) is 6.07 Å². The van der Waals surface area contributed by atoms with Crippen LogP contribution in [-0.2, 0) is 0 Å². The number of nitriles is 1. The highest BCUT2D eigenvalue weighted by atomic mass is 35.5. The molecule has 0 unspecified atom stereocenters. The van der Waals surface area contributed by atoms with E-state index in [1.807, 2.05) is 6.92 Å². The number of nitrogens with two attached hydrogens (primary N) is 1. The minimum absolute atomic E-state index is 0. The van der Waals surface area contributed by atoms with Gasteiger partial charge >= 0.3 is 0 Å². The molecular weight excluding hydrogens is 136 g/mol. The Hall–Kier alpha value is -0.260. The average molecular weight is 147 g/mol. The van der Waals surface area contributed by atoms with Gasteiger partial charge in [-0.15, -0.1) is 12.4 Å². The second kappa shape index (κ2) is 2.55. The molecule has 2 N–H and O–H groups in total. The zero-order valence-corrected chi connectivity index (χ0v) is 6.24. The number of nitrogens with zero attached hydrogens (tertiary/aromatic N) is 1. The van der Waals surface area contributed by atoms with Gasteiger partial charge in [0.25, 0.3) is 0 Å². The molecule has 0 radical (unpaired) electrons. The van der Waals surface area contributed by atoms with Crippen LogP contribution >= 0.6 is 12.4 Å². The van der Waals surface area contributed by atoms with Crippen LogP contribution in [0.1, 0.15) is 19.8 Å². The first-order valence-electron chi connectivity index (χ1n) is 2.83. The molecule has 2 nitrogen and oxygen atoms in total. The average Bonchev–Trinajstić information content (AvgIpc) is 1.63. The second-order valence-electron chi connectivity index (χ2n) is 2.84. The fourth-order valence-electron chi connectivity index (χ4n) is 1.19. The lowest BCUT2D eigenvalue weighted by molar-refractivity contribution is 0.202. The van der Waals surface area contributed by atoms with Crippen LogP contribution < -0.4 is 5.73 Å². The summed E-state index contributed by atoms with van der Waals surface area (Å²) in [6.07, 6.45) is 1.76. The van der Waals surface area contributed by atoms with Crippen LogP contribution in [0.3, 0.4) is 0 Å². The Kier molecular flexibility index (Phi) is 2.48. The standard InChI is InChI=1S/C6H10N2.ClH/c1-6(4-7)2-5(8)3-6;/h5H,2-3,8H2,1H3;1H. The summed E-state index contributed by atoms with van der Waals surface area (Å²) >= 11 is 0. The molecule has 0 aromatic heterocycles. The van der Waals surface area contributed by atoms with Crippen molar-refractivity contribution in [3.8, 4) is 6.07 Å². The summed E-state index contributed by atoms with van der Waals surface area (Å²) < 4.78 is 0. The summed E-state index contributed by atoms with van der Waals surface area (Å²) in [4.78, 5) is 0. The van der Waals surface area contributed by atoms with Crippen LogP contribution in [0.15, 0.2) is 0 Å². The van der Waals surface area contributed by atoms with Crippen LogP contribution in [0, 0.1) is 16.7 Å². The lowest BCUT2D eigenvalue weighted by Gasteiger charge is -2.37. The largest absolute Gasteiger partial charge is 0.328 e. The molecule has 0 amide bonds. The summed E-state index contributed by atoms with van der Waals surface area (Å²) in [5.41, 5.74) is 5.39. The van der Waals surface area contributed by atoms with E-state index in [9.17, 15) is 0 Å². The van der Waals surface area contributed by atoms with Gasteiger partial charge < -0.3 is 5.73 Å². The number of hydrogen-bond donors (Lipinski definition) is 1. The van der Waals surface area contributed by atoms with E-state index in [0.29, 0.717) is 6.04 Å². The first kappa shape index (κ1) is 8.74. The second-order valence-corrected chi connectivity index (χ2v) is 2.84. The third-order valence-corrected chi connectivity index (χ3v) is 1.70. The molecule has 0 spiro atoms. The summed E-state index contributed by atoms with van der Waals surface area (Å²) in [7, 11) is 0. The Bertz CT molecular complexity index is 132. The molecule has 1 rings (SSSR count). The maximum atomic E-state index is 8.46. The van der Waals surface area contributed by atoms with E-state index in [0.717, 1.165) is 12.8 Å². The predicted octanol–water partition coefficient (Wildman–Crippen LogP) is 1.06. The molecule has 0 aromatic carbocycles. The highest BCUT2D eigenvalue weighted by molar-refractivity contribution is 5.85. The first-order valence-corrected chi connectivity index (χ1v) is 2.83. The third kappa shape index (κ3) is 1.57. The fourth-order valence-corrected chi connectivity index (χ4v) is 1.19. The Morgan fingerprint density at radius 1 is 1.67 bits per heavy atom. The van der Waals surface area contributed by atoms with Crippen molar-refractivity contribution in [2.75, 3.05) is 0 Å². The maximum Gasteiger partial charge on any atom is 0.0688 e. The molecule has 0 bridgehead atoms. The molecule has 52 valence electrons.